The zero-order valence-electron chi connectivity index (χ0n) is 14.9. The molecule has 1 aromatic carbocycles. The predicted molar refractivity (Wildman–Crippen MR) is 95.6 cm³/mol. The molecule has 2 saturated carbocycles. The van der Waals surface area contributed by atoms with Crippen LogP contribution in [0.25, 0.3) is 0 Å². The van der Waals surface area contributed by atoms with E-state index in [1.165, 1.54) is 31.2 Å². The smallest absolute Gasteiger partial charge is 0.168 e. The van der Waals surface area contributed by atoms with Crippen molar-refractivity contribution in [3.8, 4) is 0 Å². The summed E-state index contributed by atoms with van der Waals surface area (Å²) in [6.07, 6.45) is 7.35. The van der Waals surface area contributed by atoms with Crippen LogP contribution in [0.4, 0.5) is 0 Å². The third-order valence-electron chi connectivity index (χ3n) is 6.46. The average molecular weight is 329 g/mol. The molecule has 3 heteroatoms. The zero-order valence-corrected chi connectivity index (χ0v) is 14.9. The molecule has 1 aliphatic heterocycles. The summed E-state index contributed by atoms with van der Waals surface area (Å²) in [6, 6.07) is 11.4. The predicted octanol–water partition coefficient (Wildman–Crippen LogP) is 4.12. The second-order valence-electron chi connectivity index (χ2n) is 8.16. The molecule has 0 amide bonds. The van der Waals surface area contributed by atoms with Crippen LogP contribution in [-0.4, -0.2) is 25.0 Å². The molecule has 3 fully saturated rings. The Bertz CT molecular complexity index is 526. The van der Waals surface area contributed by atoms with E-state index >= 15 is 0 Å². The van der Waals surface area contributed by atoms with Gasteiger partial charge in [-0.3, -0.25) is 0 Å². The van der Waals surface area contributed by atoms with E-state index in [0.717, 1.165) is 50.4 Å². The van der Waals surface area contributed by atoms with E-state index in [-0.39, 0.29) is 5.79 Å². The molecule has 0 aromatic heterocycles. The monoisotopic (exact) mass is 329 g/mol. The number of nitrogens with one attached hydrogen (secondary N) is 1. The van der Waals surface area contributed by atoms with E-state index in [1.807, 2.05) is 0 Å². The number of hydrogen-bond acceptors (Lipinski definition) is 3. The molecule has 0 bridgehead atoms. The summed E-state index contributed by atoms with van der Waals surface area (Å²) in [5.41, 5.74) is 1.39. The number of ether oxygens (including phenoxy) is 2. The number of rotatable bonds is 3. The molecule has 3 nitrogen and oxygen atoms in total. The minimum Gasteiger partial charge on any atom is -0.348 e. The van der Waals surface area contributed by atoms with Crippen LogP contribution in [0.2, 0.25) is 0 Å². The Kier molecular flexibility index (Phi) is 4.93. The van der Waals surface area contributed by atoms with Gasteiger partial charge in [-0.15, -0.1) is 0 Å². The van der Waals surface area contributed by atoms with Gasteiger partial charge in [-0.05, 0) is 49.0 Å². The Hall–Kier alpha value is -0.900. The summed E-state index contributed by atoms with van der Waals surface area (Å²) in [5.74, 6) is 2.18. The van der Waals surface area contributed by atoms with Crippen molar-refractivity contribution >= 4 is 0 Å². The highest BCUT2D eigenvalue weighted by Crippen LogP contribution is 2.46. The van der Waals surface area contributed by atoms with Crippen molar-refractivity contribution in [3.63, 3.8) is 0 Å². The third-order valence-corrected chi connectivity index (χ3v) is 6.46. The molecule has 1 heterocycles. The SMILES string of the molecule is C[C@@H]1C[C@H]2CCC3(CC[C@H]2[C@@H](NCc2ccccc2)C1)OCCO3. The zero-order chi connectivity index (χ0) is 16.4. The first-order valence-corrected chi connectivity index (χ1v) is 9.79. The highest BCUT2D eigenvalue weighted by molar-refractivity contribution is 5.14. The van der Waals surface area contributed by atoms with Gasteiger partial charge in [0.25, 0.3) is 0 Å². The Morgan fingerprint density at radius 2 is 1.79 bits per heavy atom. The van der Waals surface area contributed by atoms with Crippen LogP contribution < -0.4 is 5.32 Å². The summed E-state index contributed by atoms with van der Waals surface area (Å²) < 4.78 is 12.0. The number of hydrogen-bond donors (Lipinski definition) is 1. The molecule has 4 rings (SSSR count). The minimum atomic E-state index is -0.245. The Morgan fingerprint density at radius 3 is 2.58 bits per heavy atom. The Morgan fingerprint density at radius 1 is 1.04 bits per heavy atom. The quantitative estimate of drug-likeness (QED) is 0.905. The molecule has 132 valence electrons. The summed E-state index contributed by atoms with van der Waals surface area (Å²) in [7, 11) is 0. The van der Waals surface area contributed by atoms with Gasteiger partial charge in [-0.2, -0.15) is 0 Å². The first kappa shape index (κ1) is 16.6. The van der Waals surface area contributed by atoms with Crippen molar-refractivity contribution in [1.29, 1.82) is 0 Å². The molecule has 2 aliphatic carbocycles. The molecule has 1 saturated heterocycles. The molecule has 0 unspecified atom stereocenters. The van der Waals surface area contributed by atoms with Crippen molar-refractivity contribution < 1.29 is 9.47 Å². The van der Waals surface area contributed by atoms with Crippen LogP contribution in [0.15, 0.2) is 30.3 Å². The van der Waals surface area contributed by atoms with Crippen LogP contribution in [0.1, 0.15) is 51.0 Å². The molecular weight excluding hydrogens is 298 g/mol. The van der Waals surface area contributed by atoms with Crippen LogP contribution in [0, 0.1) is 17.8 Å². The lowest BCUT2D eigenvalue weighted by atomic mass is 9.69. The summed E-state index contributed by atoms with van der Waals surface area (Å²) in [5, 5.41) is 3.89. The maximum atomic E-state index is 6.02. The van der Waals surface area contributed by atoms with E-state index < -0.39 is 0 Å². The number of benzene rings is 1. The minimum absolute atomic E-state index is 0.245. The lowest BCUT2D eigenvalue weighted by Gasteiger charge is -2.41. The molecule has 3 aliphatic rings. The van der Waals surface area contributed by atoms with Crippen LogP contribution in [0.3, 0.4) is 0 Å². The summed E-state index contributed by atoms with van der Waals surface area (Å²) in [4.78, 5) is 0. The largest absolute Gasteiger partial charge is 0.348 e. The lowest BCUT2D eigenvalue weighted by molar-refractivity contribution is -0.165. The second kappa shape index (κ2) is 7.15. The Labute approximate surface area is 146 Å². The highest BCUT2D eigenvalue weighted by atomic mass is 16.7. The van der Waals surface area contributed by atoms with Gasteiger partial charge in [0, 0.05) is 25.4 Å². The van der Waals surface area contributed by atoms with Gasteiger partial charge in [-0.25, -0.2) is 0 Å². The van der Waals surface area contributed by atoms with Gasteiger partial charge in [0.15, 0.2) is 5.79 Å². The topological polar surface area (TPSA) is 30.5 Å². The van der Waals surface area contributed by atoms with Gasteiger partial charge >= 0.3 is 0 Å². The van der Waals surface area contributed by atoms with Gasteiger partial charge in [0.05, 0.1) is 13.2 Å². The van der Waals surface area contributed by atoms with Crippen molar-refractivity contribution in [2.24, 2.45) is 17.8 Å². The standard InChI is InChI=1S/C21H31NO2/c1-16-13-18-7-9-21(23-11-12-24-21)10-8-19(18)20(14-16)22-15-17-5-3-2-4-6-17/h2-6,16,18-20,22H,7-15H2,1H3/t16-,18-,19-,20+/m1/s1. The van der Waals surface area contributed by atoms with Crippen molar-refractivity contribution in [2.75, 3.05) is 13.2 Å². The molecule has 1 spiro atoms. The van der Waals surface area contributed by atoms with Crippen molar-refractivity contribution in [1.82, 2.24) is 5.32 Å². The van der Waals surface area contributed by atoms with E-state index in [9.17, 15) is 0 Å². The average Bonchev–Trinajstić information content (AvgIpc) is 2.99. The van der Waals surface area contributed by atoms with Gasteiger partial charge < -0.3 is 14.8 Å². The van der Waals surface area contributed by atoms with Gasteiger partial charge in [0.1, 0.15) is 0 Å². The van der Waals surface area contributed by atoms with Crippen LogP contribution in [-0.2, 0) is 16.0 Å². The first-order valence-electron chi connectivity index (χ1n) is 9.79. The molecule has 4 atom stereocenters. The molecule has 24 heavy (non-hydrogen) atoms. The normalized spacial score (nSPS) is 35.5. The molecule has 1 N–H and O–H groups in total. The first-order chi connectivity index (χ1) is 11.7. The van der Waals surface area contributed by atoms with E-state index in [1.54, 1.807) is 0 Å². The summed E-state index contributed by atoms with van der Waals surface area (Å²) >= 11 is 0. The summed E-state index contributed by atoms with van der Waals surface area (Å²) in [6.45, 7) is 4.97. The molecular formula is C21H31NO2. The van der Waals surface area contributed by atoms with E-state index in [4.69, 9.17) is 9.47 Å². The molecule has 0 radical (unpaired) electrons. The van der Waals surface area contributed by atoms with Crippen LogP contribution >= 0.6 is 0 Å². The third kappa shape index (κ3) is 3.54. The highest BCUT2D eigenvalue weighted by Gasteiger charge is 2.45. The van der Waals surface area contributed by atoms with Gasteiger partial charge in [-0.1, -0.05) is 37.3 Å². The van der Waals surface area contributed by atoms with Crippen LogP contribution in [0.5, 0.6) is 0 Å². The van der Waals surface area contributed by atoms with Crippen molar-refractivity contribution in [3.05, 3.63) is 35.9 Å². The van der Waals surface area contributed by atoms with Gasteiger partial charge in [0.2, 0.25) is 0 Å². The Balaban J connectivity index is 1.43. The van der Waals surface area contributed by atoms with E-state index in [0.29, 0.717) is 6.04 Å². The maximum absolute atomic E-state index is 6.02. The fraction of sp³-hybridized carbons (Fsp3) is 0.714. The second-order valence-corrected chi connectivity index (χ2v) is 8.16. The van der Waals surface area contributed by atoms with E-state index in [2.05, 4.69) is 42.6 Å². The fourth-order valence-electron chi connectivity index (χ4n) is 5.28. The maximum Gasteiger partial charge on any atom is 0.168 e. The van der Waals surface area contributed by atoms with Crippen molar-refractivity contribution in [2.45, 2.75) is 63.8 Å². The molecule has 1 aromatic rings. The fourth-order valence-corrected chi connectivity index (χ4v) is 5.28. The lowest BCUT2D eigenvalue weighted by Crippen LogP contribution is -2.44. The number of fused-ring (bicyclic) bond motifs is 1.